The summed E-state index contributed by atoms with van der Waals surface area (Å²) in [4.78, 5) is 10.4. The lowest BCUT2D eigenvalue weighted by Crippen LogP contribution is -2.23. The van der Waals surface area contributed by atoms with E-state index in [1.165, 1.54) is 0 Å². The number of carbonyl (C=O) groups is 1. The first-order chi connectivity index (χ1) is 7.71. The van der Waals surface area contributed by atoms with Crippen LogP contribution in [0.15, 0.2) is 18.2 Å². The minimum atomic E-state index is -4.78. The molecule has 0 aliphatic carbocycles. The molecule has 0 bridgehead atoms. The molecule has 0 aliphatic heterocycles. The summed E-state index contributed by atoms with van der Waals surface area (Å²) in [6.45, 7) is 0. The molecule has 3 N–H and O–H groups in total. The summed E-state index contributed by atoms with van der Waals surface area (Å²) < 4.78 is 37.8. The average molecular weight is 250 g/mol. The zero-order valence-electron chi connectivity index (χ0n) is 8.40. The first kappa shape index (κ1) is 13.1. The summed E-state index contributed by atoms with van der Waals surface area (Å²) in [7, 11) is 0. The van der Waals surface area contributed by atoms with Gasteiger partial charge in [-0.25, -0.2) is 0 Å². The Morgan fingerprint density at radius 2 is 1.88 bits per heavy atom. The van der Waals surface area contributed by atoms with Crippen LogP contribution in [-0.2, 0) is 4.79 Å². The fourth-order valence-electron chi connectivity index (χ4n) is 1.40. The summed E-state index contributed by atoms with van der Waals surface area (Å²) in [5, 5.41) is 26.7. The molecule has 7 heteroatoms. The second-order valence-corrected chi connectivity index (χ2v) is 3.44. The highest BCUT2D eigenvalue weighted by molar-refractivity contribution is 5.68. The van der Waals surface area contributed by atoms with Crippen molar-refractivity contribution in [1.29, 1.82) is 0 Å². The molecule has 1 atom stereocenters. The topological polar surface area (TPSA) is 77.8 Å². The zero-order valence-corrected chi connectivity index (χ0v) is 8.40. The summed E-state index contributed by atoms with van der Waals surface area (Å²) in [6.07, 6.45) is -5.96. The minimum absolute atomic E-state index is 0.400. The summed E-state index contributed by atoms with van der Waals surface area (Å²) in [5.74, 6) is -5.11. The minimum Gasteiger partial charge on any atom is -0.508 e. The molecule has 1 rings (SSSR count). The number of hydrogen-bond donors (Lipinski definition) is 3. The summed E-state index contributed by atoms with van der Waals surface area (Å²) in [6, 6.07) is 2.54. The van der Waals surface area contributed by atoms with Crippen molar-refractivity contribution >= 4 is 5.97 Å². The largest absolute Gasteiger partial charge is 0.508 e. The third kappa shape index (κ3) is 3.27. The van der Waals surface area contributed by atoms with E-state index < -0.39 is 41.5 Å². The van der Waals surface area contributed by atoms with E-state index >= 15 is 0 Å². The van der Waals surface area contributed by atoms with E-state index in [1.54, 1.807) is 0 Å². The van der Waals surface area contributed by atoms with E-state index in [9.17, 15) is 23.1 Å². The summed E-state index contributed by atoms with van der Waals surface area (Å²) >= 11 is 0. The highest BCUT2D eigenvalue weighted by atomic mass is 19.4. The molecule has 0 aromatic heterocycles. The molecule has 1 unspecified atom stereocenters. The maximum atomic E-state index is 12.6. The van der Waals surface area contributed by atoms with E-state index in [2.05, 4.69) is 0 Å². The highest BCUT2D eigenvalue weighted by Gasteiger charge is 2.43. The molecule has 0 heterocycles. The quantitative estimate of drug-likeness (QED) is 0.768. The normalized spacial score (nSPS) is 13.4. The van der Waals surface area contributed by atoms with Crippen LogP contribution in [0.1, 0.15) is 17.9 Å². The molecule has 94 valence electrons. The van der Waals surface area contributed by atoms with Gasteiger partial charge in [-0.1, -0.05) is 6.07 Å². The van der Waals surface area contributed by atoms with Gasteiger partial charge in [-0.3, -0.25) is 4.79 Å². The van der Waals surface area contributed by atoms with Crippen LogP contribution in [0.2, 0.25) is 0 Å². The number of aliphatic carboxylic acids is 1. The maximum absolute atomic E-state index is 12.6. The van der Waals surface area contributed by atoms with Crippen molar-refractivity contribution in [1.82, 2.24) is 0 Å². The van der Waals surface area contributed by atoms with Crippen molar-refractivity contribution in [3.8, 4) is 11.5 Å². The van der Waals surface area contributed by atoms with Crippen LogP contribution in [-0.4, -0.2) is 27.5 Å². The molecule has 0 saturated heterocycles. The van der Waals surface area contributed by atoms with E-state index in [-0.39, 0.29) is 0 Å². The van der Waals surface area contributed by atoms with Gasteiger partial charge in [-0.15, -0.1) is 0 Å². The van der Waals surface area contributed by atoms with Crippen LogP contribution in [0, 0.1) is 0 Å². The third-order valence-corrected chi connectivity index (χ3v) is 2.16. The lowest BCUT2D eigenvalue weighted by molar-refractivity contribution is -0.163. The number of carboxylic acid groups (broad SMARTS) is 1. The molecule has 0 spiro atoms. The van der Waals surface area contributed by atoms with Gasteiger partial charge in [0.25, 0.3) is 0 Å². The lowest BCUT2D eigenvalue weighted by atomic mass is 9.94. The Morgan fingerprint density at radius 3 is 2.29 bits per heavy atom. The standard InChI is InChI=1S/C10H9F3O4/c11-10(12,13)7(4-9(16)17)6-2-1-5(14)3-8(6)15/h1-3,7,14-15H,4H2,(H,16,17). The number of hydrogen-bond acceptors (Lipinski definition) is 3. The molecule has 4 nitrogen and oxygen atoms in total. The van der Waals surface area contributed by atoms with Gasteiger partial charge in [0.05, 0.1) is 12.3 Å². The number of aromatic hydroxyl groups is 2. The second-order valence-electron chi connectivity index (χ2n) is 3.44. The maximum Gasteiger partial charge on any atom is 0.396 e. The van der Waals surface area contributed by atoms with Gasteiger partial charge >= 0.3 is 12.1 Å². The Morgan fingerprint density at radius 1 is 1.29 bits per heavy atom. The smallest absolute Gasteiger partial charge is 0.396 e. The van der Waals surface area contributed by atoms with E-state index in [0.29, 0.717) is 0 Å². The Bertz CT molecular complexity index is 428. The SMILES string of the molecule is O=C(O)CC(c1ccc(O)cc1O)C(F)(F)F. The number of benzene rings is 1. The number of phenols is 2. The van der Waals surface area contributed by atoms with E-state index in [4.69, 9.17) is 10.2 Å². The number of carboxylic acids is 1. The third-order valence-electron chi connectivity index (χ3n) is 2.16. The van der Waals surface area contributed by atoms with Crippen LogP contribution < -0.4 is 0 Å². The Hall–Kier alpha value is -1.92. The van der Waals surface area contributed by atoms with Gasteiger partial charge in [0, 0.05) is 11.6 Å². The van der Waals surface area contributed by atoms with Crippen molar-refractivity contribution in [2.45, 2.75) is 18.5 Å². The first-order valence-electron chi connectivity index (χ1n) is 4.52. The molecule has 1 aromatic carbocycles. The predicted molar refractivity (Wildman–Crippen MR) is 50.8 cm³/mol. The molecule has 17 heavy (non-hydrogen) atoms. The van der Waals surface area contributed by atoms with Gasteiger partial charge in [-0.05, 0) is 6.07 Å². The zero-order chi connectivity index (χ0) is 13.2. The molecular formula is C10H9F3O4. The highest BCUT2D eigenvalue weighted by Crippen LogP contribution is 2.41. The van der Waals surface area contributed by atoms with Crippen LogP contribution in [0.5, 0.6) is 11.5 Å². The predicted octanol–water partition coefficient (Wildman–Crippen LogP) is 2.22. The number of alkyl halides is 3. The van der Waals surface area contributed by atoms with Crippen LogP contribution in [0.3, 0.4) is 0 Å². The van der Waals surface area contributed by atoms with Crippen molar-refractivity contribution < 1.29 is 33.3 Å². The van der Waals surface area contributed by atoms with Gasteiger partial charge in [0.1, 0.15) is 11.5 Å². The van der Waals surface area contributed by atoms with Crippen LogP contribution in [0.4, 0.5) is 13.2 Å². The summed E-state index contributed by atoms with van der Waals surface area (Å²) in [5.41, 5.74) is -0.572. The lowest BCUT2D eigenvalue weighted by Gasteiger charge is -2.19. The fourth-order valence-corrected chi connectivity index (χ4v) is 1.40. The van der Waals surface area contributed by atoms with Gasteiger partial charge in [-0.2, -0.15) is 13.2 Å². The molecular weight excluding hydrogens is 241 g/mol. The van der Waals surface area contributed by atoms with E-state index in [1.807, 2.05) is 0 Å². The Balaban J connectivity index is 3.17. The monoisotopic (exact) mass is 250 g/mol. The Labute approximate surface area is 93.9 Å². The molecule has 0 aliphatic rings. The Kier molecular flexibility index (Phi) is 3.50. The average Bonchev–Trinajstić information content (AvgIpc) is 2.13. The van der Waals surface area contributed by atoms with Crippen molar-refractivity contribution in [3.63, 3.8) is 0 Å². The number of rotatable bonds is 3. The van der Waals surface area contributed by atoms with Crippen molar-refractivity contribution in [2.75, 3.05) is 0 Å². The number of halogens is 3. The van der Waals surface area contributed by atoms with E-state index in [0.717, 1.165) is 18.2 Å². The molecule has 1 aromatic rings. The first-order valence-corrected chi connectivity index (χ1v) is 4.52. The van der Waals surface area contributed by atoms with Gasteiger partial charge in [0.2, 0.25) is 0 Å². The van der Waals surface area contributed by atoms with Gasteiger partial charge in [0.15, 0.2) is 0 Å². The fraction of sp³-hybridized carbons (Fsp3) is 0.300. The second kappa shape index (κ2) is 4.52. The molecule has 0 fully saturated rings. The number of phenolic OH excluding ortho intramolecular Hbond substituents is 2. The van der Waals surface area contributed by atoms with Gasteiger partial charge < -0.3 is 15.3 Å². The van der Waals surface area contributed by atoms with Crippen LogP contribution in [0.25, 0.3) is 0 Å². The molecule has 0 radical (unpaired) electrons. The van der Waals surface area contributed by atoms with Crippen molar-refractivity contribution in [2.24, 2.45) is 0 Å². The molecule has 0 saturated carbocycles. The molecule has 0 amide bonds. The van der Waals surface area contributed by atoms with Crippen molar-refractivity contribution in [3.05, 3.63) is 23.8 Å². The van der Waals surface area contributed by atoms with Crippen LogP contribution >= 0.6 is 0 Å².